The number of fused-ring (bicyclic) bond motifs is 1. The van der Waals surface area contributed by atoms with Crippen molar-refractivity contribution in [3.8, 4) is 11.5 Å². The summed E-state index contributed by atoms with van der Waals surface area (Å²) in [6, 6.07) is 18.6. The summed E-state index contributed by atoms with van der Waals surface area (Å²) in [6.45, 7) is 3.44. The molecule has 0 heterocycles. The molecule has 4 aromatic rings. The van der Waals surface area contributed by atoms with Crippen LogP contribution in [0.2, 0.25) is 0 Å². The molecule has 31 heavy (non-hydrogen) atoms. The van der Waals surface area contributed by atoms with Gasteiger partial charge in [0.05, 0.1) is 22.0 Å². The monoisotopic (exact) mass is 424 g/mol. The van der Waals surface area contributed by atoms with Crippen molar-refractivity contribution in [1.29, 1.82) is 0 Å². The van der Waals surface area contributed by atoms with E-state index in [4.69, 9.17) is 9.84 Å². The summed E-state index contributed by atoms with van der Waals surface area (Å²) in [5.74, 6) is 0.490. The predicted octanol–water partition coefficient (Wildman–Crippen LogP) is 4.76. The molecular weight excluding hydrogens is 404 g/mol. The third-order valence-electron chi connectivity index (χ3n) is 3.65. The number of hydrogen-bond donors (Lipinski definition) is 1. The topological polar surface area (TPSA) is 133 Å². The van der Waals surface area contributed by atoms with Crippen molar-refractivity contribution in [2.24, 2.45) is 0 Å². The second-order valence-corrected chi connectivity index (χ2v) is 6.58. The first kappa shape index (κ1) is 23.2. The zero-order valence-electron chi connectivity index (χ0n) is 16.8. The van der Waals surface area contributed by atoms with E-state index in [0.29, 0.717) is 0 Å². The highest BCUT2D eigenvalue weighted by molar-refractivity contribution is 5.97. The number of nitrogens with zero attached hydrogens (tertiary/aromatic N) is 2. The van der Waals surface area contributed by atoms with E-state index in [1.807, 2.05) is 24.3 Å². The third kappa shape index (κ3) is 7.33. The molecule has 0 amide bonds. The highest BCUT2D eigenvalue weighted by atomic mass is 16.6. The van der Waals surface area contributed by atoms with Gasteiger partial charge in [-0.3, -0.25) is 25.0 Å². The summed E-state index contributed by atoms with van der Waals surface area (Å²) < 4.78 is 5.35. The quantitative estimate of drug-likeness (QED) is 0.369. The van der Waals surface area contributed by atoms with Crippen LogP contribution >= 0.6 is 0 Å². The van der Waals surface area contributed by atoms with Crippen molar-refractivity contribution in [2.75, 3.05) is 0 Å². The van der Waals surface area contributed by atoms with Crippen molar-refractivity contribution in [3.63, 3.8) is 0 Å². The minimum Gasteiger partial charge on any atom is -0.457 e. The lowest BCUT2D eigenvalue weighted by atomic mass is 10.3. The van der Waals surface area contributed by atoms with Gasteiger partial charge in [-0.25, -0.2) is 0 Å². The Morgan fingerprint density at radius 1 is 0.774 bits per heavy atom. The molecule has 0 aliphatic rings. The summed E-state index contributed by atoms with van der Waals surface area (Å²) in [6.07, 6.45) is -0.167. The fourth-order valence-corrected chi connectivity index (χ4v) is 2.29. The predicted molar refractivity (Wildman–Crippen MR) is 116 cm³/mol. The number of benzene rings is 3. The largest absolute Gasteiger partial charge is 0.457 e. The second kappa shape index (κ2) is 10.6. The van der Waals surface area contributed by atoms with Gasteiger partial charge in [-0.15, -0.1) is 0 Å². The van der Waals surface area contributed by atoms with Gasteiger partial charge < -0.3 is 9.84 Å². The summed E-state index contributed by atoms with van der Waals surface area (Å²) in [7, 11) is 0. The molecular formula is C22H20N2O7. The van der Waals surface area contributed by atoms with Crippen molar-refractivity contribution < 1.29 is 19.7 Å². The minimum absolute atomic E-state index is 0.108. The molecule has 0 saturated heterocycles. The van der Waals surface area contributed by atoms with Gasteiger partial charge >= 0.3 is 0 Å². The molecule has 0 saturated carbocycles. The molecule has 160 valence electrons. The lowest BCUT2D eigenvalue weighted by Gasteiger charge is -2.04. The van der Waals surface area contributed by atoms with E-state index < -0.39 is 9.85 Å². The van der Waals surface area contributed by atoms with Crippen LogP contribution in [0.4, 0.5) is 11.4 Å². The molecule has 0 fully saturated rings. The van der Waals surface area contributed by atoms with E-state index >= 15 is 0 Å². The van der Waals surface area contributed by atoms with Crippen molar-refractivity contribution in [2.45, 2.75) is 20.0 Å². The Labute approximate surface area is 177 Å². The van der Waals surface area contributed by atoms with Gasteiger partial charge in [0, 0.05) is 29.0 Å². The van der Waals surface area contributed by atoms with Gasteiger partial charge in [0.1, 0.15) is 11.5 Å². The molecule has 0 unspecified atom stereocenters. The zero-order chi connectivity index (χ0) is 23.0. The Bertz CT molecular complexity index is 1100. The standard InChI is InChI=1S/C12H8N2O5.C7H4O.C3H8O/c15-13(16)9-3-1-5-11(7-9)19-12-6-2-4-10(8-12)14(17)18;8-7-5-3-1-2-4-6(5)7;1-3(2)4/h1-8H;1-4H;3-4H,1-2H3. The smallest absolute Gasteiger partial charge is 0.273 e. The fourth-order valence-electron chi connectivity index (χ4n) is 2.29. The number of nitro benzene ring substituents is 2. The lowest BCUT2D eigenvalue weighted by molar-refractivity contribution is -0.384. The maximum absolute atomic E-state index is 10.6. The molecule has 0 aromatic heterocycles. The van der Waals surface area contributed by atoms with Gasteiger partial charge in [-0.1, -0.05) is 36.4 Å². The molecule has 9 heteroatoms. The van der Waals surface area contributed by atoms with E-state index in [0.717, 1.165) is 10.8 Å². The Balaban J connectivity index is 0.000000231. The normalized spacial score (nSPS) is 10.1. The van der Waals surface area contributed by atoms with E-state index in [1.54, 1.807) is 13.8 Å². The summed E-state index contributed by atoms with van der Waals surface area (Å²) in [5.41, 5.74) is 0.000798. The number of rotatable bonds is 4. The Morgan fingerprint density at radius 3 is 1.48 bits per heavy atom. The highest BCUT2D eigenvalue weighted by Crippen LogP contribution is 2.27. The van der Waals surface area contributed by atoms with E-state index in [1.165, 1.54) is 48.5 Å². The zero-order valence-corrected chi connectivity index (χ0v) is 16.8. The average Bonchev–Trinajstić information content (AvgIpc) is 3.39. The Kier molecular flexibility index (Phi) is 7.93. The Morgan fingerprint density at radius 2 is 1.16 bits per heavy atom. The van der Waals surface area contributed by atoms with Crippen LogP contribution in [0.15, 0.2) is 77.6 Å². The summed E-state index contributed by atoms with van der Waals surface area (Å²) >= 11 is 0. The van der Waals surface area contributed by atoms with Crippen molar-refractivity contribution >= 4 is 22.1 Å². The van der Waals surface area contributed by atoms with E-state index in [9.17, 15) is 25.0 Å². The number of hydrogen-bond acceptors (Lipinski definition) is 7. The SMILES string of the molecule is CC(C)O.O=[N+]([O-])c1cccc(Oc2cccc([N+](=O)[O-])c2)c1.O=c1c2ccccc12. The molecule has 0 aliphatic carbocycles. The summed E-state index contributed by atoms with van der Waals surface area (Å²) in [5, 5.41) is 31.1. The molecule has 0 radical (unpaired) electrons. The molecule has 1 N–H and O–H groups in total. The molecule has 0 spiro atoms. The molecule has 4 aromatic carbocycles. The second-order valence-electron chi connectivity index (χ2n) is 6.58. The van der Waals surface area contributed by atoms with Crippen LogP contribution in [0.3, 0.4) is 0 Å². The fraction of sp³-hybridized carbons (Fsp3) is 0.136. The summed E-state index contributed by atoms with van der Waals surface area (Å²) in [4.78, 5) is 30.7. The molecule has 0 atom stereocenters. The lowest BCUT2D eigenvalue weighted by Crippen LogP contribution is -1.91. The van der Waals surface area contributed by atoms with Crippen molar-refractivity contribution in [3.05, 3.63) is 103 Å². The maximum Gasteiger partial charge on any atom is 0.273 e. The average molecular weight is 424 g/mol. The first-order chi connectivity index (χ1) is 14.7. The molecule has 0 aliphatic heterocycles. The van der Waals surface area contributed by atoms with Crippen LogP contribution < -0.4 is 10.2 Å². The number of non-ortho nitro benzene ring substituents is 2. The van der Waals surface area contributed by atoms with Crippen LogP contribution in [0.25, 0.3) is 10.8 Å². The van der Waals surface area contributed by atoms with Crippen molar-refractivity contribution in [1.82, 2.24) is 0 Å². The van der Waals surface area contributed by atoms with Crippen LogP contribution in [-0.4, -0.2) is 21.1 Å². The van der Waals surface area contributed by atoms with Gasteiger partial charge in [0.25, 0.3) is 11.4 Å². The molecule has 9 nitrogen and oxygen atoms in total. The van der Waals surface area contributed by atoms with E-state index in [-0.39, 0.29) is 34.4 Å². The Hall–Kier alpha value is -4.11. The first-order valence-electron chi connectivity index (χ1n) is 9.17. The van der Waals surface area contributed by atoms with Gasteiger partial charge in [0.15, 0.2) is 5.43 Å². The van der Waals surface area contributed by atoms with Gasteiger partial charge in [-0.05, 0) is 26.0 Å². The van der Waals surface area contributed by atoms with Crippen LogP contribution in [0, 0.1) is 20.2 Å². The molecule has 4 rings (SSSR count). The number of nitro groups is 2. The van der Waals surface area contributed by atoms with Crippen LogP contribution in [0.1, 0.15) is 13.8 Å². The van der Waals surface area contributed by atoms with Gasteiger partial charge in [-0.2, -0.15) is 0 Å². The van der Waals surface area contributed by atoms with Crippen LogP contribution in [-0.2, 0) is 0 Å². The van der Waals surface area contributed by atoms with Gasteiger partial charge in [0.2, 0.25) is 0 Å². The third-order valence-corrected chi connectivity index (χ3v) is 3.65. The first-order valence-corrected chi connectivity index (χ1v) is 9.17. The number of aliphatic hydroxyl groups excluding tert-OH is 1. The number of aliphatic hydroxyl groups is 1. The van der Waals surface area contributed by atoms with E-state index in [2.05, 4.69) is 0 Å². The maximum atomic E-state index is 10.6. The number of ether oxygens (including phenoxy) is 1. The van der Waals surface area contributed by atoms with Crippen LogP contribution in [0.5, 0.6) is 11.5 Å². The molecule has 0 bridgehead atoms. The minimum atomic E-state index is -0.541. The highest BCUT2D eigenvalue weighted by Gasteiger charge is 2.10.